The Morgan fingerprint density at radius 3 is 1.21 bits per heavy atom. The first-order valence-corrected chi connectivity index (χ1v) is 15.8. The largest absolute Gasteiger partial charge is 0.0636 e. The van der Waals surface area contributed by atoms with Crippen LogP contribution in [0.25, 0.3) is 120 Å². The molecule has 0 heterocycles. The summed E-state index contributed by atoms with van der Waals surface area (Å²) in [5.41, 5.74) is -4.85. The van der Waals surface area contributed by atoms with E-state index in [1.54, 1.807) is 0 Å². The summed E-state index contributed by atoms with van der Waals surface area (Å²) in [6.45, 7) is 0. The van der Waals surface area contributed by atoms with Gasteiger partial charge in [-0.05, 0) is 132 Å². The maximum absolute atomic E-state index is 10.3. The van der Waals surface area contributed by atoms with E-state index >= 15 is 0 Å². The second-order valence-corrected chi connectivity index (χ2v) is 12.0. The fraction of sp³-hybridized carbons (Fsp3) is 0. The van der Waals surface area contributed by atoms with E-state index in [-0.39, 0.29) is 21.5 Å². The van der Waals surface area contributed by atoms with E-state index in [0.29, 0.717) is 0 Å². The molecule has 0 unspecified atom stereocenters. The standard InChI is InChI=1S/C52H30/c1-2-12-39-37(7-1)29-38(30-48(39)45-24-20-36-18-16-32-9-6-11-34-22-26-47(45)52(36)50(32)34)40-27-28-43(42-14-4-3-13-41(40)42)44-23-19-35-17-15-31-8-5-10-33-21-25-46(44)51(35)49(31)33/h1-30H/i1D,2D,3D,4D,5D,6D,7D,8D,9D,10D,11D,12D,13D,14D,15D,16D,17D,18D,19D,20D,21D,22D,23D,24D,25D,26D,27D,28D,29D,30D. The normalized spacial score (nSPS) is 20.3. The average molecular weight is 685 g/mol. The molecule has 0 atom stereocenters. The molecule has 0 aromatic heterocycles. The van der Waals surface area contributed by atoms with Gasteiger partial charge >= 0.3 is 0 Å². The molecule has 0 heteroatoms. The Balaban J connectivity index is 1.35. The van der Waals surface area contributed by atoms with Crippen molar-refractivity contribution in [2.75, 3.05) is 0 Å². The van der Waals surface area contributed by atoms with E-state index < -0.39 is 279 Å². The van der Waals surface area contributed by atoms with Crippen molar-refractivity contribution in [1.29, 1.82) is 0 Å². The third kappa shape index (κ3) is 3.81. The first-order valence-electron chi connectivity index (χ1n) is 30.8. The number of hydrogen-bond donors (Lipinski definition) is 0. The molecule has 12 aromatic carbocycles. The van der Waals surface area contributed by atoms with Crippen LogP contribution in [-0.2, 0) is 0 Å². The van der Waals surface area contributed by atoms with Gasteiger partial charge in [0.1, 0.15) is 0 Å². The molecule has 0 aliphatic heterocycles. The van der Waals surface area contributed by atoms with Crippen molar-refractivity contribution in [2.24, 2.45) is 0 Å². The molecular formula is C52H30. The van der Waals surface area contributed by atoms with Crippen LogP contribution in [0.1, 0.15) is 41.1 Å². The fourth-order valence-corrected chi connectivity index (χ4v) is 7.06. The van der Waals surface area contributed by atoms with E-state index in [2.05, 4.69) is 0 Å². The van der Waals surface area contributed by atoms with E-state index in [4.69, 9.17) is 19.2 Å². The summed E-state index contributed by atoms with van der Waals surface area (Å²) in [6, 6.07) is -27.0. The lowest BCUT2D eigenvalue weighted by Gasteiger charge is -2.18. The van der Waals surface area contributed by atoms with Gasteiger partial charge in [0.05, 0.1) is 41.1 Å². The molecule has 0 N–H and O–H groups in total. The lowest BCUT2D eigenvalue weighted by molar-refractivity contribution is 1.65. The Hall–Kier alpha value is -6.76. The molecule has 0 bridgehead atoms. The SMILES string of the molecule is [2H]c1c([2H])c([2H])c2c(-c3c([2H])c([2H])c4c([2H])c([2H])c5c([2H])c([2H])c([2H])c6c([2H])c([2H])c3c4c56)c([2H])c(-c3c([2H])c([2H])c(-c4c([2H])c([2H])c5c([2H])c([2H])c6c([2H])c([2H])c([2H])c7c([2H])c([2H])c4c5c67)c4c([2H])c([2H])c([2H])c([2H])c34)c([2H])c2c1[2H]. The van der Waals surface area contributed by atoms with Gasteiger partial charge in [-0.15, -0.1) is 0 Å². The van der Waals surface area contributed by atoms with Crippen molar-refractivity contribution in [3.05, 3.63) is 181 Å². The van der Waals surface area contributed by atoms with Crippen LogP contribution >= 0.6 is 0 Å². The van der Waals surface area contributed by atoms with Crippen LogP contribution in [-0.4, -0.2) is 0 Å². The van der Waals surface area contributed by atoms with E-state index in [1.165, 1.54) is 0 Å². The Morgan fingerprint density at radius 2 is 0.615 bits per heavy atom. The van der Waals surface area contributed by atoms with Gasteiger partial charge in [0.25, 0.3) is 0 Å². The van der Waals surface area contributed by atoms with Gasteiger partial charge in [0, 0.05) is 0 Å². The molecule has 0 saturated heterocycles. The first-order chi connectivity index (χ1) is 38.3. The van der Waals surface area contributed by atoms with E-state index in [9.17, 15) is 21.9 Å². The van der Waals surface area contributed by atoms with Crippen LogP contribution in [0.3, 0.4) is 0 Å². The van der Waals surface area contributed by atoms with Gasteiger partial charge in [-0.2, -0.15) is 0 Å². The Kier molecular flexibility index (Phi) is 2.38. The topological polar surface area (TPSA) is 0 Å². The Bertz CT molecular complexity index is 5090. The van der Waals surface area contributed by atoms with Gasteiger partial charge in [-0.3, -0.25) is 0 Å². The quantitative estimate of drug-likeness (QED) is 0.163. The van der Waals surface area contributed by atoms with Crippen molar-refractivity contribution in [3.63, 3.8) is 0 Å². The number of rotatable bonds is 3. The third-order valence-corrected chi connectivity index (χ3v) is 9.31. The highest BCUT2D eigenvalue weighted by molar-refractivity contribution is 6.28. The van der Waals surface area contributed by atoms with Crippen molar-refractivity contribution < 1.29 is 41.1 Å². The number of fused-ring (bicyclic) bond motifs is 2. The summed E-state index contributed by atoms with van der Waals surface area (Å²) in [5, 5.41) is -8.45. The van der Waals surface area contributed by atoms with Gasteiger partial charge in [-0.25, -0.2) is 0 Å². The zero-order valence-corrected chi connectivity index (χ0v) is 26.0. The third-order valence-electron chi connectivity index (χ3n) is 9.31. The predicted octanol–water partition coefficient (Wildman–Crippen LogP) is 14.8. The second kappa shape index (κ2) is 10.4. The van der Waals surface area contributed by atoms with Crippen LogP contribution in [0.2, 0.25) is 0 Å². The monoisotopic (exact) mass is 684 g/mol. The first kappa shape index (κ1) is 11.9. The molecule has 0 amide bonds. The molecule has 52 heavy (non-hydrogen) atoms. The average Bonchev–Trinajstić information content (AvgIpc) is 0.796. The zero-order chi connectivity index (χ0) is 60.0. The van der Waals surface area contributed by atoms with Crippen molar-refractivity contribution in [3.8, 4) is 33.4 Å². The lowest BCUT2D eigenvalue weighted by atomic mass is 9.85. The molecule has 0 aliphatic rings. The van der Waals surface area contributed by atoms with Crippen molar-refractivity contribution in [1.82, 2.24) is 0 Å². The predicted molar refractivity (Wildman–Crippen MR) is 225 cm³/mol. The summed E-state index contributed by atoms with van der Waals surface area (Å²) < 4.78 is 277. The van der Waals surface area contributed by atoms with Crippen LogP contribution < -0.4 is 0 Å². The maximum Gasteiger partial charge on any atom is 0.0636 e. The molecule has 0 nitrogen and oxygen atoms in total. The fourth-order valence-electron chi connectivity index (χ4n) is 7.06. The van der Waals surface area contributed by atoms with Crippen LogP contribution in [0.15, 0.2) is 181 Å². The number of hydrogen-bond acceptors (Lipinski definition) is 0. The molecule has 0 spiro atoms. The Morgan fingerprint density at radius 1 is 0.231 bits per heavy atom. The minimum atomic E-state index is -1.14. The van der Waals surface area contributed by atoms with Gasteiger partial charge in [0.15, 0.2) is 0 Å². The highest BCUT2D eigenvalue weighted by Crippen LogP contribution is 2.46. The van der Waals surface area contributed by atoms with Crippen molar-refractivity contribution >= 4 is 86.2 Å². The van der Waals surface area contributed by atoms with Crippen LogP contribution in [0.5, 0.6) is 0 Å². The second-order valence-electron chi connectivity index (χ2n) is 12.0. The van der Waals surface area contributed by atoms with Crippen LogP contribution in [0, 0.1) is 0 Å². The summed E-state index contributed by atoms with van der Waals surface area (Å²) in [7, 11) is 0. The Labute approximate surface area is 342 Å². The summed E-state index contributed by atoms with van der Waals surface area (Å²) in [6.07, 6.45) is 0. The van der Waals surface area contributed by atoms with Crippen molar-refractivity contribution in [2.45, 2.75) is 0 Å². The smallest absolute Gasteiger partial charge is 0.0616 e. The van der Waals surface area contributed by atoms with E-state index in [0.717, 1.165) is 0 Å². The highest BCUT2D eigenvalue weighted by atomic mass is 14.2. The highest BCUT2D eigenvalue weighted by Gasteiger charge is 2.18. The molecule has 0 aliphatic carbocycles. The molecule has 12 rings (SSSR count). The summed E-state index contributed by atoms with van der Waals surface area (Å²) in [4.78, 5) is 0. The van der Waals surface area contributed by atoms with Gasteiger partial charge in [0.2, 0.25) is 0 Å². The molecular weight excluding hydrogens is 625 g/mol. The lowest BCUT2D eigenvalue weighted by Crippen LogP contribution is -1.91. The number of benzene rings is 12. The maximum atomic E-state index is 10.3. The molecule has 0 fully saturated rings. The summed E-state index contributed by atoms with van der Waals surface area (Å²) >= 11 is 0. The molecule has 0 saturated carbocycles. The molecule has 12 aromatic rings. The minimum absolute atomic E-state index is 0.315. The zero-order valence-electron chi connectivity index (χ0n) is 56.0. The summed E-state index contributed by atoms with van der Waals surface area (Å²) in [5.74, 6) is 0. The minimum Gasteiger partial charge on any atom is -0.0616 e. The molecule has 0 radical (unpaired) electrons. The molecule has 238 valence electrons. The van der Waals surface area contributed by atoms with Gasteiger partial charge in [-0.1, -0.05) is 169 Å². The van der Waals surface area contributed by atoms with Crippen LogP contribution in [0.4, 0.5) is 0 Å². The van der Waals surface area contributed by atoms with Gasteiger partial charge < -0.3 is 0 Å². The van der Waals surface area contributed by atoms with E-state index in [1.807, 2.05) is 0 Å².